The molecule has 318 valence electrons. The quantitative estimate of drug-likeness (QED) is 0.0669. The van der Waals surface area contributed by atoms with E-state index < -0.39 is 65.2 Å². The fraction of sp³-hybridized carbons (Fsp3) is 0.465. The highest BCUT2D eigenvalue weighted by Gasteiger charge is 2.45. The number of hydrogen-bond acceptors (Lipinski definition) is 10. The van der Waals surface area contributed by atoms with Crippen LogP contribution in [0.5, 0.6) is 0 Å². The molecule has 1 saturated carbocycles. The van der Waals surface area contributed by atoms with Crippen molar-refractivity contribution in [3.8, 4) is 0 Å². The Morgan fingerprint density at radius 3 is 2.40 bits per heavy atom. The third kappa shape index (κ3) is 11.1. The summed E-state index contributed by atoms with van der Waals surface area (Å²) in [6.07, 6.45) is 10.6. The second-order valence-electron chi connectivity index (χ2n) is 16.3. The molecule has 7 N–H and O–H groups in total. The van der Waals surface area contributed by atoms with Gasteiger partial charge in [0.1, 0.15) is 17.7 Å². The first-order chi connectivity index (χ1) is 28.8. The largest absolute Gasteiger partial charge is 0.384 e. The molecule has 0 radical (unpaired) electrons. The summed E-state index contributed by atoms with van der Waals surface area (Å²) in [5.74, 6) is -3.66. The lowest BCUT2D eigenvalue weighted by atomic mass is 9.84. The zero-order valence-electron chi connectivity index (χ0n) is 34.0. The summed E-state index contributed by atoms with van der Waals surface area (Å²) in [5.41, 5.74) is 5.34. The molecule has 1 aliphatic heterocycles. The summed E-state index contributed by atoms with van der Waals surface area (Å²) in [4.78, 5) is 86.1. The van der Waals surface area contributed by atoms with Gasteiger partial charge < -0.3 is 37.0 Å². The van der Waals surface area contributed by atoms with Crippen LogP contribution in [0.15, 0.2) is 73.2 Å². The molecule has 17 nitrogen and oxygen atoms in total. The van der Waals surface area contributed by atoms with E-state index >= 15 is 0 Å². The Morgan fingerprint density at radius 2 is 1.68 bits per heavy atom. The fourth-order valence-corrected chi connectivity index (χ4v) is 8.18. The molecule has 6 amide bonds. The second kappa shape index (κ2) is 19.7. The molecule has 1 aliphatic carbocycles. The zero-order chi connectivity index (χ0) is 42.8. The van der Waals surface area contributed by atoms with Crippen LogP contribution in [-0.2, 0) is 24.8 Å². The number of carbonyl (C=O) groups is 6. The lowest BCUT2D eigenvalue weighted by molar-refractivity contribution is -0.142. The van der Waals surface area contributed by atoms with E-state index in [-0.39, 0.29) is 31.8 Å². The molecule has 0 bridgehead atoms. The van der Waals surface area contributed by atoms with Gasteiger partial charge >= 0.3 is 6.03 Å². The predicted octanol–water partition coefficient (Wildman–Crippen LogP) is 3.50. The van der Waals surface area contributed by atoms with E-state index in [1.165, 1.54) is 22.0 Å². The lowest BCUT2D eigenvalue weighted by Gasteiger charge is -2.32. The topological polar surface area (TPSA) is 244 Å². The summed E-state index contributed by atoms with van der Waals surface area (Å²) in [7, 11) is 0. The molecule has 4 atom stereocenters. The first-order valence-corrected chi connectivity index (χ1v) is 20.6. The van der Waals surface area contributed by atoms with Crippen LogP contribution in [0, 0.1) is 5.92 Å². The van der Waals surface area contributed by atoms with Gasteiger partial charge in [-0.1, -0.05) is 67.6 Å². The number of primary amides is 1. The number of carbonyl (C=O) groups excluding carboxylic acids is 6. The molecule has 2 aromatic heterocycles. The van der Waals surface area contributed by atoms with E-state index in [1.54, 1.807) is 44.3 Å². The maximum absolute atomic E-state index is 14.9. The van der Waals surface area contributed by atoms with Crippen molar-refractivity contribution in [3.63, 3.8) is 0 Å². The van der Waals surface area contributed by atoms with Crippen LogP contribution in [0.3, 0.4) is 0 Å². The highest BCUT2D eigenvalue weighted by Crippen LogP contribution is 2.34. The molecule has 3 heterocycles. The van der Waals surface area contributed by atoms with Gasteiger partial charge in [-0.05, 0) is 80.5 Å². The Bertz CT molecular complexity index is 2170. The molecule has 2 aliphatic rings. The van der Waals surface area contributed by atoms with E-state index in [2.05, 4.69) is 36.6 Å². The van der Waals surface area contributed by atoms with Crippen molar-refractivity contribution in [1.29, 1.82) is 0 Å². The number of likely N-dealkylation sites (tertiary alicyclic amines) is 1. The van der Waals surface area contributed by atoms with Crippen LogP contribution in [0.1, 0.15) is 100 Å². The number of rotatable bonds is 17. The van der Waals surface area contributed by atoms with Crippen LogP contribution in [0.4, 0.5) is 10.5 Å². The predicted molar refractivity (Wildman–Crippen MR) is 222 cm³/mol. The Labute approximate surface area is 348 Å². The molecule has 17 heteroatoms. The number of amides is 6. The average Bonchev–Trinajstić information content (AvgIpc) is 3.92. The van der Waals surface area contributed by atoms with E-state index in [0.29, 0.717) is 36.2 Å². The Morgan fingerprint density at radius 1 is 0.917 bits per heavy atom. The minimum absolute atomic E-state index is 0.0163. The van der Waals surface area contributed by atoms with Gasteiger partial charge in [-0.15, -0.1) is 5.10 Å². The number of ketones is 1. The maximum atomic E-state index is 14.9. The molecule has 6 rings (SSSR count). The number of aliphatic hydroxyl groups is 1. The Kier molecular flexibility index (Phi) is 14.2. The average molecular weight is 823 g/mol. The molecular formula is C43H54N10O7. The van der Waals surface area contributed by atoms with Crippen molar-refractivity contribution < 1.29 is 33.9 Å². The van der Waals surface area contributed by atoms with Gasteiger partial charge in [0.05, 0.1) is 35.9 Å². The van der Waals surface area contributed by atoms with Gasteiger partial charge in [0, 0.05) is 31.3 Å². The summed E-state index contributed by atoms with van der Waals surface area (Å²) < 4.78 is 1.50. The van der Waals surface area contributed by atoms with Crippen LogP contribution >= 0.6 is 0 Å². The Balaban J connectivity index is 1.21. The Hall–Kier alpha value is -6.23. The molecular weight excluding hydrogens is 769 g/mol. The lowest BCUT2D eigenvalue weighted by Crippen LogP contribution is -2.56. The molecule has 4 aromatic rings. The highest BCUT2D eigenvalue weighted by molar-refractivity contribution is 6.37. The molecule has 2 fully saturated rings. The van der Waals surface area contributed by atoms with Crippen LogP contribution < -0.4 is 27.0 Å². The van der Waals surface area contributed by atoms with Gasteiger partial charge in [-0.3, -0.25) is 29.0 Å². The van der Waals surface area contributed by atoms with E-state index in [4.69, 9.17) is 5.73 Å². The fourth-order valence-electron chi connectivity index (χ4n) is 8.18. The van der Waals surface area contributed by atoms with Crippen molar-refractivity contribution in [2.45, 2.75) is 108 Å². The number of pyridine rings is 1. The summed E-state index contributed by atoms with van der Waals surface area (Å²) in [5, 5.41) is 32.1. The summed E-state index contributed by atoms with van der Waals surface area (Å²) in [6.45, 7) is 3.38. The van der Waals surface area contributed by atoms with Crippen molar-refractivity contribution in [2.75, 3.05) is 18.4 Å². The number of urea groups is 1. The highest BCUT2D eigenvalue weighted by atomic mass is 16.3. The SMILES string of the molecule is CC(C)(O)c1cnnn1[C@H]1C[C@@H](C(=O)NC(CCCCNC(=O)Nc2cccnc2)C(=O)C(N)=O)N(C(=O)[C@@H](CC2CCCCC2)NC(=O)c2ccc3ccccc3c2)C1. The number of anilines is 1. The number of hydrogen-bond donors (Lipinski definition) is 6. The van der Waals surface area contributed by atoms with Gasteiger partial charge in [0.2, 0.25) is 17.6 Å². The van der Waals surface area contributed by atoms with Crippen LogP contribution in [0.25, 0.3) is 10.8 Å². The maximum Gasteiger partial charge on any atom is 0.319 e. The summed E-state index contributed by atoms with van der Waals surface area (Å²) >= 11 is 0. The van der Waals surface area contributed by atoms with E-state index in [9.17, 15) is 33.9 Å². The van der Waals surface area contributed by atoms with Crippen LogP contribution in [-0.4, -0.2) is 96.6 Å². The number of benzene rings is 2. The van der Waals surface area contributed by atoms with E-state index in [0.717, 1.165) is 42.9 Å². The number of fused-ring (bicyclic) bond motifs is 1. The third-order valence-corrected chi connectivity index (χ3v) is 11.3. The van der Waals surface area contributed by atoms with Crippen molar-refractivity contribution in [3.05, 3.63) is 84.4 Å². The number of nitrogens with one attached hydrogen (secondary N) is 4. The second-order valence-corrected chi connectivity index (χ2v) is 16.3. The monoisotopic (exact) mass is 822 g/mol. The molecule has 2 aromatic carbocycles. The van der Waals surface area contributed by atoms with Crippen molar-refractivity contribution in [2.24, 2.45) is 11.7 Å². The molecule has 60 heavy (non-hydrogen) atoms. The van der Waals surface area contributed by atoms with Crippen molar-refractivity contribution in [1.82, 2.24) is 40.8 Å². The first-order valence-electron chi connectivity index (χ1n) is 20.6. The molecule has 0 spiro atoms. The number of aromatic nitrogens is 4. The zero-order valence-corrected chi connectivity index (χ0v) is 34.0. The molecule has 1 saturated heterocycles. The standard InChI is InChI=1S/C43H54N10O7/c1-43(2,60)36-25-47-51-53(36)32-23-35(40(57)49-33(37(54)38(44)55)16-8-9-20-46-42(59)48-31-15-10-19-45-24-31)52(26-32)41(58)34(21-27-11-4-3-5-12-27)50-39(56)30-18-17-28-13-6-7-14-29(28)22-30/h6-7,10,13-15,17-19,22,24-25,27,32-35,60H,3-5,8-9,11-12,16,20-21,23,26H2,1-2H3,(H2,44,55)(H,49,57)(H,50,56)(H2,46,48,59)/t32-,33?,34+,35-/m0/s1. The van der Waals surface area contributed by atoms with Gasteiger partial charge in [-0.2, -0.15) is 0 Å². The third-order valence-electron chi connectivity index (χ3n) is 11.3. The number of nitrogens with zero attached hydrogens (tertiary/aromatic N) is 5. The van der Waals surface area contributed by atoms with Crippen molar-refractivity contribution >= 4 is 51.9 Å². The van der Waals surface area contributed by atoms with Gasteiger partial charge in [0.25, 0.3) is 11.8 Å². The minimum Gasteiger partial charge on any atom is -0.384 e. The molecule has 1 unspecified atom stereocenters. The number of Topliss-reactive ketones (excluding diaryl/α,β-unsaturated/α-hetero) is 1. The van der Waals surface area contributed by atoms with E-state index in [1.807, 2.05) is 30.3 Å². The van der Waals surface area contributed by atoms with Gasteiger partial charge in [0.15, 0.2) is 0 Å². The van der Waals surface area contributed by atoms with Crippen LogP contribution in [0.2, 0.25) is 0 Å². The smallest absolute Gasteiger partial charge is 0.319 e. The summed E-state index contributed by atoms with van der Waals surface area (Å²) in [6, 6.07) is 11.9. The number of nitrogens with two attached hydrogens (primary N) is 1. The number of unbranched alkanes of at least 4 members (excludes halogenated alkanes) is 1. The normalized spacial score (nSPS) is 18.0. The van der Waals surface area contributed by atoms with Gasteiger partial charge in [-0.25, -0.2) is 9.48 Å². The first kappa shape index (κ1) is 43.4. The minimum atomic E-state index is -1.36.